The molecule has 2 aliphatic rings. The first-order valence-electron chi connectivity index (χ1n) is 10.1. The molecule has 0 N–H and O–H groups in total. The van der Waals surface area contributed by atoms with Gasteiger partial charge in [0.25, 0.3) is 0 Å². The van der Waals surface area contributed by atoms with Crippen LogP contribution in [0.1, 0.15) is 64.0 Å². The Bertz CT molecular complexity index is 662. The Morgan fingerprint density at radius 2 is 1.69 bits per heavy atom. The number of ether oxygens (including phenoxy) is 2. The lowest BCUT2D eigenvalue weighted by atomic mass is 9.47. The van der Waals surface area contributed by atoms with Crippen LogP contribution in [0.5, 0.6) is 11.5 Å². The van der Waals surface area contributed by atoms with Crippen LogP contribution in [0, 0.1) is 29.6 Å². The molecule has 2 saturated carbocycles. The summed E-state index contributed by atoms with van der Waals surface area (Å²) in [5.74, 6) is 3.17. The van der Waals surface area contributed by atoms with Crippen molar-refractivity contribution in [2.45, 2.75) is 66.2 Å². The zero-order valence-corrected chi connectivity index (χ0v) is 17.6. The van der Waals surface area contributed by atoms with Gasteiger partial charge in [0.05, 0.1) is 14.2 Å². The Morgan fingerprint density at radius 1 is 1.08 bits per heavy atom. The standard InChI is InChI=1S/C24H36O2/c1-16-13-20(25-6)18(21(14-16)26-7)15-19-17(2)9-10-22-23(3,4)11-8-12-24(19,22)5/h13-14,19,22H,2,8-12,15H2,1,3-7H3/t19-,22-,24+/m0/s1. The van der Waals surface area contributed by atoms with Crippen LogP contribution in [0.4, 0.5) is 0 Å². The van der Waals surface area contributed by atoms with E-state index in [1.54, 1.807) is 14.2 Å². The normalized spacial score (nSPS) is 30.6. The molecule has 0 unspecified atom stereocenters. The number of allylic oxidation sites excluding steroid dienone is 1. The summed E-state index contributed by atoms with van der Waals surface area (Å²) in [6.45, 7) is 14.1. The Kier molecular flexibility index (Phi) is 5.16. The smallest absolute Gasteiger partial charge is 0.126 e. The van der Waals surface area contributed by atoms with Gasteiger partial charge in [-0.05, 0) is 79.4 Å². The van der Waals surface area contributed by atoms with E-state index >= 15 is 0 Å². The highest BCUT2D eigenvalue weighted by atomic mass is 16.5. The zero-order valence-electron chi connectivity index (χ0n) is 17.6. The summed E-state index contributed by atoms with van der Waals surface area (Å²) >= 11 is 0. The molecule has 3 atom stereocenters. The van der Waals surface area contributed by atoms with E-state index in [-0.39, 0.29) is 0 Å². The van der Waals surface area contributed by atoms with Crippen LogP contribution in [-0.4, -0.2) is 14.2 Å². The van der Waals surface area contributed by atoms with Gasteiger partial charge >= 0.3 is 0 Å². The number of rotatable bonds is 4. The quantitative estimate of drug-likeness (QED) is 0.585. The summed E-state index contributed by atoms with van der Waals surface area (Å²) in [7, 11) is 3.53. The van der Waals surface area contributed by atoms with Crippen molar-refractivity contribution in [3.8, 4) is 11.5 Å². The average molecular weight is 357 g/mol. The maximum absolute atomic E-state index is 5.75. The first-order chi connectivity index (χ1) is 12.2. The van der Waals surface area contributed by atoms with Gasteiger partial charge in [-0.1, -0.05) is 39.3 Å². The van der Waals surface area contributed by atoms with Gasteiger partial charge in [0.1, 0.15) is 11.5 Å². The monoisotopic (exact) mass is 356 g/mol. The van der Waals surface area contributed by atoms with E-state index in [1.807, 2.05) is 0 Å². The molecule has 2 fully saturated rings. The van der Waals surface area contributed by atoms with Gasteiger partial charge in [-0.15, -0.1) is 0 Å². The highest BCUT2D eigenvalue weighted by Crippen LogP contribution is 2.61. The molecule has 0 heterocycles. The largest absolute Gasteiger partial charge is 0.496 e. The first kappa shape index (κ1) is 19.3. The Balaban J connectivity index is 2.02. The molecule has 2 aliphatic carbocycles. The lowest BCUT2D eigenvalue weighted by Crippen LogP contribution is -2.50. The average Bonchev–Trinajstić information content (AvgIpc) is 2.57. The molecule has 0 radical (unpaired) electrons. The molecule has 144 valence electrons. The summed E-state index contributed by atoms with van der Waals surface area (Å²) in [6.07, 6.45) is 7.40. The fraction of sp³-hybridized carbons (Fsp3) is 0.667. The van der Waals surface area contributed by atoms with Gasteiger partial charge in [0.2, 0.25) is 0 Å². The van der Waals surface area contributed by atoms with E-state index in [4.69, 9.17) is 9.47 Å². The summed E-state index contributed by atoms with van der Waals surface area (Å²) in [5.41, 5.74) is 4.54. The molecule has 0 bridgehead atoms. The van der Waals surface area contributed by atoms with E-state index in [0.717, 1.165) is 30.3 Å². The van der Waals surface area contributed by atoms with Crippen LogP contribution in [0.2, 0.25) is 0 Å². The van der Waals surface area contributed by atoms with E-state index in [2.05, 4.69) is 46.4 Å². The molecule has 0 aliphatic heterocycles. The fourth-order valence-electron chi connectivity index (χ4n) is 6.17. The number of benzene rings is 1. The van der Waals surface area contributed by atoms with Gasteiger partial charge in [-0.3, -0.25) is 0 Å². The van der Waals surface area contributed by atoms with Gasteiger partial charge in [-0.2, -0.15) is 0 Å². The molecule has 3 rings (SSSR count). The van der Waals surface area contributed by atoms with Crippen molar-refractivity contribution in [2.75, 3.05) is 14.2 Å². The van der Waals surface area contributed by atoms with Crippen LogP contribution in [-0.2, 0) is 6.42 Å². The molecule has 26 heavy (non-hydrogen) atoms. The van der Waals surface area contributed by atoms with Crippen molar-refractivity contribution in [3.63, 3.8) is 0 Å². The summed E-state index contributed by atoms with van der Waals surface area (Å²) in [6, 6.07) is 4.27. The first-order valence-corrected chi connectivity index (χ1v) is 10.1. The topological polar surface area (TPSA) is 18.5 Å². The molecular formula is C24H36O2. The highest BCUT2D eigenvalue weighted by Gasteiger charge is 2.52. The number of methoxy groups -OCH3 is 2. The maximum atomic E-state index is 5.75. The van der Waals surface area contributed by atoms with Crippen molar-refractivity contribution in [1.29, 1.82) is 0 Å². The maximum Gasteiger partial charge on any atom is 0.126 e. The Labute approximate surface area is 160 Å². The van der Waals surface area contributed by atoms with E-state index in [9.17, 15) is 0 Å². The van der Waals surface area contributed by atoms with Crippen LogP contribution in [0.25, 0.3) is 0 Å². The van der Waals surface area contributed by atoms with Gasteiger partial charge in [-0.25, -0.2) is 0 Å². The van der Waals surface area contributed by atoms with Gasteiger partial charge in [0.15, 0.2) is 0 Å². The van der Waals surface area contributed by atoms with Crippen LogP contribution >= 0.6 is 0 Å². The van der Waals surface area contributed by atoms with Crippen molar-refractivity contribution in [2.24, 2.45) is 22.7 Å². The lowest BCUT2D eigenvalue weighted by molar-refractivity contribution is -0.0519. The Hall–Kier alpha value is -1.44. The highest BCUT2D eigenvalue weighted by molar-refractivity contribution is 5.48. The molecular weight excluding hydrogens is 320 g/mol. The third kappa shape index (κ3) is 3.17. The van der Waals surface area contributed by atoms with Crippen LogP contribution in [0.15, 0.2) is 24.3 Å². The van der Waals surface area contributed by atoms with Crippen LogP contribution in [0.3, 0.4) is 0 Å². The SMILES string of the molecule is C=C1CC[C@H]2C(C)(C)CCC[C@]2(C)[C@H]1Cc1c(OC)cc(C)cc1OC. The second kappa shape index (κ2) is 6.94. The second-order valence-corrected chi connectivity index (χ2v) is 9.50. The third-order valence-electron chi connectivity index (χ3n) is 7.48. The fourth-order valence-corrected chi connectivity index (χ4v) is 6.17. The van der Waals surface area contributed by atoms with E-state index < -0.39 is 0 Å². The van der Waals surface area contributed by atoms with Crippen LogP contribution < -0.4 is 9.47 Å². The minimum atomic E-state index is 0.317. The Morgan fingerprint density at radius 3 is 2.27 bits per heavy atom. The van der Waals surface area contributed by atoms with Crippen molar-refractivity contribution in [1.82, 2.24) is 0 Å². The molecule has 2 nitrogen and oxygen atoms in total. The molecule has 0 saturated heterocycles. The molecule has 1 aromatic carbocycles. The summed E-state index contributed by atoms with van der Waals surface area (Å²) in [4.78, 5) is 0. The predicted molar refractivity (Wildman–Crippen MR) is 109 cm³/mol. The van der Waals surface area contributed by atoms with Crippen molar-refractivity contribution >= 4 is 0 Å². The minimum Gasteiger partial charge on any atom is -0.496 e. The van der Waals surface area contributed by atoms with Gasteiger partial charge in [0, 0.05) is 5.56 Å². The van der Waals surface area contributed by atoms with Crippen molar-refractivity contribution < 1.29 is 9.47 Å². The number of hydrogen-bond acceptors (Lipinski definition) is 2. The number of hydrogen-bond donors (Lipinski definition) is 0. The second-order valence-electron chi connectivity index (χ2n) is 9.50. The predicted octanol–water partition coefficient (Wildman–Crippen LogP) is 6.35. The number of fused-ring (bicyclic) bond motifs is 1. The molecule has 0 spiro atoms. The molecule has 2 heteroatoms. The van der Waals surface area contributed by atoms with Crippen molar-refractivity contribution in [3.05, 3.63) is 35.4 Å². The minimum absolute atomic E-state index is 0.317. The van der Waals surface area contributed by atoms with Gasteiger partial charge < -0.3 is 9.47 Å². The summed E-state index contributed by atoms with van der Waals surface area (Å²) in [5, 5.41) is 0. The zero-order chi connectivity index (χ0) is 19.1. The van der Waals surface area contributed by atoms with E-state index in [0.29, 0.717) is 16.7 Å². The third-order valence-corrected chi connectivity index (χ3v) is 7.48. The molecule has 1 aromatic rings. The number of aryl methyl sites for hydroxylation is 1. The molecule has 0 aromatic heterocycles. The molecule has 0 amide bonds. The van der Waals surface area contributed by atoms with E-state index in [1.165, 1.54) is 42.4 Å². The lowest BCUT2D eigenvalue weighted by Gasteiger charge is -2.58. The summed E-state index contributed by atoms with van der Waals surface area (Å²) < 4.78 is 11.5.